The number of carbonyl (C=O) groups excluding carboxylic acids is 1. The van der Waals surface area contributed by atoms with Gasteiger partial charge < -0.3 is 20.3 Å². The molecule has 2 saturated heterocycles. The maximum Gasteiger partial charge on any atom is 0.220 e. The van der Waals surface area contributed by atoms with Gasteiger partial charge in [0.25, 0.3) is 0 Å². The van der Waals surface area contributed by atoms with Crippen LogP contribution in [0.25, 0.3) is 10.8 Å². The van der Waals surface area contributed by atoms with E-state index in [1.165, 1.54) is 10.8 Å². The molecule has 0 bridgehead atoms. The van der Waals surface area contributed by atoms with Gasteiger partial charge in [-0.25, -0.2) is 0 Å². The summed E-state index contributed by atoms with van der Waals surface area (Å²) in [6.07, 6.45) is 2.79. The Hall–Kier alpha value is -2.03. The fourth-order valence-electron chi connectivity index (χ4n) is 4.62. The monoisotopic (exact) mass is 508 g/mol. The lowest BCUT2D eigenvalue weighted by atomic mass is 9.79. The number of piperidine rings is 1. The van der Waals surface area contributed by atoms with Crippen molar-refractivity contribution in [1.82, 2.24) is 15.5 Å². The number of likely N-dealkylation sites (tertiary alicyclic amines) is 1. The minimum Gasteiger partial charge on any atom is -0.496 e. The van der Waals surface area contributed by atoms with E-state index >= 15 is 0 Å². The fraction of sp³-hybridized carbons (Fsp3) is 0.455. The minimum absolute atomic E-state index is 0. The van der Waals surface area contributed by atoms with Crippen molar-refractivity contribution in [2.24, 2.45) is 10.4 Å². The van der Waals surface area contributed by atoms with Crippen LogP contribution in [0.4, 0.5) is 0 Å². The Morgan fingerprint density at radius 1 is 1.31 bits per heavy atom. The van der Waals surface area contributed by atoms with E-state index in [1.54, 1.807) is 7.11 Å². The molecule has 7 heteroatoms. The average Bonchev–Trinajstić information content (AvgIpc) is 3.07. The van der Waals surface area contributed by atoms with Crippen molar-refractivity contribution >= 4 is 46.6 Å². The number of ether oxygens (including phenoxy) is 1. The molecule has 2 aromatic rings. The van der Waals surface area contributed by atoms with Gasteiger partial charge in [0.05, 0.1) is 7.11 Å². The van der Waals surface area contributed by atoms with Crippen molar-refractivity contribution in [3.63, 3.8) is 0 Å². The number of halogens is 1. The zero-order chi connectivity index (χ0) is 19.6. The maximum absolute atomic E-state index is 11.8. The van der Waals surface area contributed by atoms with Gasteiger partial charge in [-0.1, -0.05) is 30.3 Å². The van der Waals surface area contributed by atoms with E-state index < -0.39 is 0 Å². The number of carbonyl (C=O) groups is 1. The van der Waals surface area contributed by atoms with Gasteiger partial charge in [-0.05, 0) is 29.7 Å². The molecule has 0 radical (unpaired) electrons. The first-order chi connectivity index (χ1) is 13.6. The molecule has 2 heterocycles. The molecule has 0 aromatic heterocycles. The second-order valence-electron chi connectivity index (χ2n) is 7.85. The summed E-state index contributed by atoms with van der Waals surface area (Å²) in [6, 6.07) is 12.5. The molecule has 6 nitrogen and oxygen atoms in total. The molecule has 2 N–H and O–H groups in total. The van der Waals surface area contributed by atoms with E-state index in [9.17, 15) is 4.79 Å². The normalized spacial score (nSPS) is 21.8. The number of hydrogen-bond donors (Lipinski definition) is 2. The smallest absolute Gasteiger partial charge is 0.220 e. The van der Waals surface area contributed by atoms with E-state index in [1.807, 2.05) is 13.1 Å². The maximum atomic E-state index is 11.8. The number of rotatable bonds is 3. The summed E-state index contributed by atoms with van der Waals surface area (Å²) in [5.74, 6) is 1.93. The van der Waals surface area contributed by atoms with Crippen LogP contribution in [0.1, 0.15) is 24.8 Å². The first-order valence-corrected chi connectivity index (χ1v) is 9.91. The van der Waals surface area contributed by atoms with Gasteiger partial charge in [-0.15, -0.1) is 24.0 Å². The van der Waals surface area contributed by atoms with Gasteiger partial charge in [0.15, 0.2) is 5.96 Å². The molecule has 4 rings (SSSR count). The Labute approximate surface area is 189 Å². The Morgan fingerprint density at radius 2 is 2.14 bits per heavy atom. The zero-order valence-corrected chi connectivity index (χ0v) is 19.4. The third-order valence-electron chi connectivity index (χ3n) is 6.01. The Morgan fingerprint density at radius 3 is 2.86 bits per heavy atom. The van der Waals surface area contributed by atoms with Gasteiger partial charge in [-0.3, -0.25) is 9.79 Å². The SMILES string of the molecule is CN=C(NCc1c(OC)ccc2ccccc12)N1CCCC2(CNC(=O)C2)C1.I. The summed E-state index contributed by atoms with van der Waals surface area (Å²) < 4.78 is 5.61. The molecule has 1 amide bonds. The number of amides is 1. The third-order valence-corrected chi connectivity index (χ3v) is 6.01. The van der Waals surface area contributed by atoms with Crippen LogP contribution in [0.15, 0.2) is 41.4 Å². The van der Waals surface area contributed by atoms with Gasteiger partial charge in [0.2, 0.25) is 5.91 Å². The van der Waals surface area contributed by atoms with Crippen molar-refractivity contribution in [3.8, 4) is 5.75 Å². The molecule has 2 aliphatic rings. The van der Waals surface area contributed by atoms with Crippen molar-refractivity contribution < 1.29 is 9.53 Å². The molecule has 156 valence electrons. The van der Waals surface area contributed by atoms with Crippen LogP contribution in [-0.4, -0.2) is 50.6 Å². The molecule has 2 aliphatic heterocycles. The van der Waals surface area contributed by atoms with Gasteiger partial charge in [0, 0.05) is 50.6 Å². The number of hydrogen-bond acceptors (Lipinski definition) is 3. The van der Waals surface area contributed by atoms with Crippen molar-refractivity contribution in [1.29, 1.82) is 0 Å². The van der Waals surface area contributed by atoms with Crippen LogP contribution in [0.2, 0.25) is 0 Å². The highest BCUT2D eigenvalue weighted by atomic mass is 127. The lowest BCUT2D eigenvalue weighted by molar-refractivity contribution is -0.119. The second kappa shape index (κ2) is 9.19. The van der Waals surface area contributed by atoms with Crippen LogP contribution in [0.3, 0.4) is 0 Å². The zero-order valence-electron chi connectivity index (χ0n) is 17.0. The lowest BCUT2D eigenvalue weighted by Gasteiger charge is -2.40. The topological polar surface area (TPSA) is 66.0 Å². The molecule has 1 atom stereocenters. The summed E-state index contributed by atoms with van der Waals surface area (Å²) in [5.41, 5.74) is 1.18. The van der Waals surface area contributed by atoms with Crippen molar-refractivity contribution in [2.75, 3.05) is 33.8 Å². The summed E-state index contributed by atoms with van der Waals surface area (Å²) in [4.78, 5) is 18.6. The fourth-order valence-corrected chi connectivity index (χ4v) is 4.62. The highest BCUT2D eigenvalue weighted by Crippen LogP contribution is 2.36. The van der Waals surface area contributed by atoms with Crippen LogP contribution in [0, 0.1) is 5.41 Å². The Bertz CT molecular complexity index is 917. The summed E-state index contributed by atoms with van der Waals surface area (Å²) in [6.45, 7) is 3.23. The number of methoxy groups -OCH3 is 1. The largest absolute Gasteiger partial charge is 0.496 e. The summed E-state index contributed by atoms with van der Waals surface area (Å²) in [7, 11) is 3.53. The number of nitrogens with one attached hydrogen (secondary N) is 2. The molecular formula is C22H29IN4O2. The first-order valence-electron chi connectivity index (χ1n) is 9.91. The second-order valence-corrected chi connectivity index (χ2v) is 7.85. The van der Waals surface area contributed by atoms with Crippen molar-refractivity contribution in [3.05, 3.63) is 42.0 Å². The van der Waals surface area contributed by atoms with Gasteiger partial charge in [-0.2, -0.15) is 0 Å². The number of nitrogens with zero attached hydrogens (tertiary/aromatic N) is 2. The van der Waals surface area contributed by atoms with Crippen LogP contribution in [-0.2, 0) is 11.3 Å². The van der Waals surface area contributed by atoms with Crippen LogP contribution < -0.4 is 15.4 Å². The summed E-state index contributed by atoms with van der Waals surface area (Å²) >= 11 is 0. The van der Waals surface area contributed by atoms with Gasteiger partial charge in [0.1, 0.15) is 5.75 Å². The van der Waals surface area contributed by atoms with E-state index in [-0.39, 0.29) is 35.3 Å². The molecule has 29 heavy (non-hydrogen) atoms. The average molecular weight is 508 g/mol. The molecule has 0 aliphatic carbocycles. The number of fused-ring (bicyclic) bond motifs is 1. The lowest BCUT2D eigenvalue weighted by Crippen LogP contribution is -2.51. The number of benzene rings is 2. The van der Waals surface area contributed by atoms with E-state index in [4.69, 9.17) is 4.74 Å². The third kappa shape index (κ3) is 4.44. The summed E-state index contributed by atoms with van der Waals surface area (Å²) in [5, 5.41) is 8.92. The molecule has 2 aromatic carbocycles. The van der Waals surface area contributed by atoms with E-state index in [0.29, 0.717) is 13.0 Å². The molecule has 0 saturated carbocycles. The highest BCUT2D eigenvalue weighted by Gasteiger charge is 2.42. The quantitative estimate of drug-likeness (QED) is 0.380. The minimum atomic E-state index is 0. The van der Waals surface area contributed by atoms with E-state index in [0.717, 1.165) is 49.7 Å². The predicted molar refractivity (Wildman–Crippen MR) is 127 cm³/mol. The Kier molecular flexibility index (Phi) is 6.87. The first kappa shape index (κ1) is 21.7. The molecule has 1 spiro atoms. The number of aliphatic imine (C=N–C) groups is 1. The van der Waals surface area contributed by atoms with Crippen LogP contribution in [0.5, 0.6) is 5.75 Å². The highest BCUT2D eigenvalue weighted by molar-refractivity contribution is 14.0. The van der Waals surface area contributed by atoms with Gasteiger partial charge >= 0.3 is 0 Å². The molecule has 2 fully saturated rings. The van der Waals surface area contributed by atoms with E-state index in [2.05, 4.69) is 50.9 Å². The Balaban J connectivity index is 0.00000240. The molecule has 1 unspecified atom stereocenters. The standard InChI is InChI=1S/C22H28N4O2.HI/c1-23-21(26-11-5-10-22(15-26)12-20(27)25-14-22)24-13-18-17-7-4-3-6-16(17)8-9-19(18)28-2;/h3-4,6-9H,5,10-15H2,1-2H3,(H,23,24)(H,25,27);1H. The number of guanidine groups is 1. The predicted octanol–water partition coefficient (Wildman–Crippen LogP) is 3.14. The molecular weight excluding hydrogens is 479 g/mol. The van der Waals surface area contributed by atoms with Crippen molar-refractivity contribution in [2.45, 2.75) is 25.8 Å². The van der Waals surface area contributed by atoms with Crippen LogP contribution >= 0.6 is 24.0 Å².